The van der Waals surface area contributed by atoms with Gasteiger partial charge in [0.05, 0.1) is 20.3 Å². The monoisotopic (exact) mass is 429 g/mol. The number of quaternary nitrogens is 1. The molecular formula is C24H37N4O3+. The summed E-state index contributed by atoms with van der Waals surface area (Å²) < 4.78 is 10.7. The number of hydrogen-bond acceptors (Lipinski definition) is 5. The molecule has 0 spiro atoms. The number of hydrogen-bond donors (Lipinski definition) is 3. The van der Waals surface area contributed by atoms with Crippen LogP contribution in [0.2, 0.25) is 0 Å². The summed E-state index contributed by atoms with van der Waals surface area (Å²) in [7, 11) is 3.20. The second-order valence-electron chi connectivity index (χ2n) is 7.95. The van der Waals surface area contributed by atoms with Crippen LogP contribution < -0.4 is 20.3 Å². The number of rotatable bonds is 13. The number of nitrogens with zero attached hydrogens (tertiary/aromatic N) is 1. The van der Waals surface area contributed by atoms with E-state index in [2.05, 4.69) is 24.1 Å². The predicted octanol–water partition coefficient (Wildman–Crippen LogP) is 3.71. The highest BCUT2D eigenvalue weighted by Gasteiger charge is 2.21. The fourth-order valence-electron chi connectivity index (χ4n) is 3.75. The van der Waals surface area contributed by atoms with E-state index in [0.717, 1.165) is 18.4 Å². The van der Waals surface area contributed by atoms with Crippen molar-refractivity contribution in [3.8, 4) is 11.5 Å². The van der Waals surface area contributed by atoms with Crippen molar-refractivity contribution in [1.82, 2.24) is 9.97 Å². The number of unbranched alkanes of at least 4 members (excludes halogenated alkanes) is 3. The highest BCUT2D eigenvalue weighted by molar-refractivity contribution is 5.98. The third kappa shape index (κ3) is 6.92. The molecule has 1 aromatic heterocycles. The molecule has 4 N–H and O–H groups in total. The van der Waals surface area contributed by atoms with E-state index in [1.54, 1.807) is 21.1 Å². The van der Waals surface area contributed by atoms with Crippen molar-refractivity contribution in [2.75, 3.05) is 14.2 Å². The number of aromatic amines is 1. The first-order valence-corrected chi connectivity index (χ1v) is 11.2. The molecule has 0 bridgehead atoms. The minimum Gasteiger partial charge on any atom is -0.493 e. The summed E-state index contributed by atoms with van der Waals surface area (Å²) >= 11 is 0. The first kappa shape index (κ1) is 24.6. The number of benzene rings is 1. The van der Waals surface area contributed by atoms with Crippen LogP contribution in [0.15, 0.2) is 23.0 Å². The SMILES string of the molecule is CCCCCCC(CC)[NH2+]c1nc(Cc2ccc(OC)c(OC)c2)[nH]c(=O)c1C(C)=N. The van der Waals surface area contributed by atoms with Crippen molar-refractivity contribution in [2.45, 2.75) is 71.8 Å². The molecule has 170 valence electrons. The zero-order valence-electron chi connectivity index (χ0n) is 19.5. The summed E-state index contributed by atoms with van der Waals surface area (Å²) in [5, 5.41) is 10.2. The van der Waals surface area contributed by atoms with Crippen molar-refractivity contribution in [3.63, 3.8) is 0 Å². The topological polar surface area (TPSA) is 105 Å². The van der Waals surface area contributed by atoms with Gasteiger partial charge in [0.25, 0.3) is 5.56 Å². The summed E-state index contributed by atoms with van der Waals surface area (Å²) in [5.74, 6) is 2.49. The van der Waals surface area contributed by atoms with E-state index in [4.69, 9.17) is 19.9 Å². The van der Waals surface area contributed by atoms with E-state index in [1.807, 2.05) is 18.2 Å². The van der Waals surface area contributed by atoms with Gasteiger partial charge in [-0.15, -0.1) is 0 Å². The number of ether oxygens (including phenoxy) is 2. The minimum atomic E-state index is -0.259. The van der Waals surface area contributed by atoms with Crippen LogP contribution in [0.5, 0.6) is 11.5 Å². The molecule has 0 aliphatic heterocycles. The molecule has 1 unspecified atom stereocenters. The molecule has 0 saturated carbocycles. The van der Waals surface area contributed by atoms with Crippen LogP contribution in [-0.4, -0.2) is 35.9 Å². The molecule has 1 aromatic carbocycles. The lowest BCUT2D eigenvalue weighted by Gasteiger charge is -2.15. The van der Waals surface area contributed by atoms with E-state index in [9.17, 15) is 4.79 Å². The Balaban J connectivity index is 2.29. The van der Waals surface area contributed by atoms with Gasteiger partial charge in [-0.1, -0.05) is 39.2 Å². The van der Waals surface area contributed by atoms with Crippen LogP contribution in [0.25, 0.3) is 0 Å². The van der Waals surface area contributed by atoms with Gasteiger partial charge < -0.3 is 19.9 Å². The van der Waals surface area contributed by atoms with Gasteiger partial charge in [0.1, 0.15) is 11.4 Å². The fourth-order valence-corrected chi connectivity index (χ4v) is 3.75. The van der Waals surface area contributed by atoms with Gasteiger partial charge >= 0.3 is 0 Å². The lowest BCUT2D eigenvalue weighted by molar-refractivity contribution is -0.615. The highest BCUT2D eigenvalue weighted by atomic mass is 16.5. The number of H-pyrrole nitrogens is 1. The Morgan fingerprint density at radius 3 is 2.52 bits per heavy atom. The quantitative estimate of drug-likeness (QED) is 0.333. The van der Waals surface area contributed by atoms with Crippen molar-refractivity contribution in [3.05, 3.63) is 45.5 Å². The Morgan fingerprint density at radius 1 is 1.16 bits per heavy atom. The molecule has 0 radical (unpaired) electrons. The fraction of sp³-hybridized carbons (Fsp3) is 0.542. The second kappa shape index (κ2) is 12.2. The maximum atomic E-state index is 12.8. The zero-order chi connectivity index (χ0) is 22.8. The van der Waals surface area contributed by atoms with E-state index in [0.29, 0.717) is 41.2 Å². The minimum absolute atomic E-state index is 0.235. The number of aromatic nitrogens is 2. The molecule has 0 aliphatic rings. The molecule has 1 heterocycles. The van der Waals surface area contributed by atoms with Gasteiger partial charge in [-0.2, -0.15) is 4.98 Å². The molecule has 0 aliphatic carbocycles. The zero-order valence-corrected chi connectivity index (χ0v) is 19.5. The van der Waals surface area contributed by atoms with Gasteiger partial charge in [0.15, 0.2) is 11.5 Å². The largest absolute Gasteiger partial charge is 0.493 e. The summed E-state index contributed by atoms with van der Waals surface area (Å²) in [6, 6.07) is 6.01. The lowest BCUT2D eigenvalue weighted by Crippen LogP contribution is -2.85. The van der Waals surface area contributed by atoms with Crippen LogP contribution in [-0.2, 0) is 6.42 Å². The van der Waals surface area contributed by atoms with Crippen molar-refractivity contribution in [2.24, 2.45) is 0 Å². The lowest BCUT2D eigenvalue weighted by atomic mass is 10.0. The number of nitrogens with two attached hydrogens (primary N) is 1. The van der Waals surface area contributed by atoms with Crippen molar-refractivity contribution in [1.29, 1.82) is 5.41 Å². The van der Waals surface area contributed by atoms with Gasteiger partial charge in [0, 0.05) is 12.1 Å². The van der Waals surface area contributed by atoms with Gasteiger partial charge in [-0.05, 0) is 43.9 Å². The second-order valence-corrected chi connectivity index (χ2v) is 7.95. The smallest absolute Gasteiger partial charge is 0.266 e. The Labute approximate surface area is 185 Å². The van der Waals surface area contributed by atoms with Crippen molar-refractivity contribution < 1.29 is 14.8 Å². The third-order valence-corrected chi connectivity index (χ3v) is 5.54. The van der Waals surface area contributed by atoms with E-state index in [1.165, 1.54) is 25.7 Å². The molecule has 7 nitrogen and oxygen atoms in total. The van der Waals surface area contributed by atoms with E-state index >= 15 is 0 Å². The summed E-state index contributed by atoms with van der Waals surface area (Å²) in [4.78, 5) is 20.4. The molecule has 2 aromatic rings. The Morgan fingerprint density at radius 2 is 1.90 bits per heavy atom. The molecule has 0 saturated heterocycles. The van der Waals surface area contributed by atoms with Crippen LogP contribution >= 0.6 is 0 Å². The molecule has 0 fully saturated rings. The standard InChI is InChI=1S/C24H36N4O3/c1-6-8-9-10-11-18(7-2)26-23-22(16(3)25)24(29)28-21(27-23)15-17-12-13-19(30-4)20(14-17)31-5/h12-14,18,25H,6-11,15H2,1-5H3,(H2,26,27,28,29)/p+1. The Bertz CT molecular complexity index is 924. The molecule has 0 amide bonds. The van der Waals surface area contributed by atoms with Crippen LogP contribution in [0.1, 0.15) is 76.2 Å². The van der Waals surface area contributed by atoms with Gasteiger partial charge in [-0.25, -0.2) is 0 Å². The normalized spacial score (nSPS) is 11.9. The summed E-state index contributed by atoms with van der Waals surface area (Å²) in [5.41, 5.74) is 1.30. The van der Waals surface area contributed by atoms with E-state index in [-0.39, 0.29) is 11.3 Å². The molecule has 31 heavy (non-hydrogen) atoms. The first-order chi connectivity index (χ1) is 14.9. The molecule has 1 atom stereocenters. The summed E-state index contributed by atoms with van der Waals surface area (Å²) in [6.07, 6.45) is 7.39. The molecule has 2 rings (SSSR count). The van der Waals surface area contributed by atoms with Crippen molar-refractivity contribution >= 4 is 11.5 Å². The Kier molecular flexibility index (Phi) is 9.72. The summed E-state index contributed by atoms with van der Waals surface area (Å²) in [6.45, 7) is 6.01. The first-order valence-electron chi connectivity index (χ1n) is 11.2. The van der Waals surface area contributed by atoms with Gasteiger partial charge in [0.2, 0.25) is 5.82 Å². The maximum absolute atomic E-state index is 12.8. The average molecular weight is 430 g/mol. The molecular weight excluding hydrogens is 392 g/mol. The predicted molar refractivity (Wildman–Crippen MR) is 124 cm³/mol. The highest BCUT2D eigenvalue weighted by Crippen LogP contribution is 2.28. The number of nitrogens with one attached hydrogen (secondary N) is 2. The molecule has 7 heteroatoms. The average Bonchev–Trinajstić information content (AvgIpc) is 2.75. The van der Waals surface area contributed by atoms with Crippen LogP contribution in [0, 0.1) is 5.41 Å². The maximum Gasteiger partial charge on any atom is 0.266 e. The van der Waals surface area contributed by atoms with Crippen LogP contribution in [0.4, 0.5) is 5.82 Å². The Hall–Kier alpha value is -2.67. The van der Waals surface area contributed by atoms with Crippen LogP contribution in [0.3, 0.4) is 0 Å². The number of methoxy groups -OCH3 is 2. The van der Waals surface area contributed by atoms with E-state index < -0.39 is 0 Å². The third-order valence-electron chi connectivity index (χ3n) is 5.54. The van der Waals surface area contributed by atoms with Gasteiger partial charge in [-0.3, -0.25) is 10.1 Å².